The highest BCUT2D eigenvalue weighted by Crippen LogP contribution is 2.32. The van der Waals surface area contributed by atoms with E-state index >= 15 is 0 Å². The van der Waals surface area contributed by atoms with Crippen molar-refractivity contribution in [2.24, 2.45) is 0 Å². The van der Waals surface area contributed by atoms with E-state index in [9.17, 15) is 22.8 Å². The van der Waals surface area contributed by atoms with Gasteiger partial charge in [-0.05, 0) is 48.9 Å². The number of aromatic nitrogens is 4. The molecule has 3 aromatic heterocycles. The molecule has 13 heteroatoms. The van der Waals surface area contributed by atoms with Gasteiger partial charge in [-0.25, -0.2) is 9.97 Å². The number of alkyl halides is 3. The fourth-order valence-electron chi connectivity index (χ4n) is 4.41. The second kappa shape index (κ2) is 10.6. The van der Waals surface area contributed by atoms with Crippen LogP contribution in [0.3, 0.4) is 0 Å². The average molecular weight is 539 g/mol. The molecule has 4 aromatic rings. The highest BCUT2D eigenvalue weighted by molar-refractivity contribution is 6.04. The molecule has 4 N–H and O–H groups in total. The van der Waals surface area contributed by atoms with Crippen LogP contribution < -0.4 is 16.0 Å². The number of rotatable bonds is 7. The number of nitrogens with one attached hydrogen (secondary N) is 4. The summed E-state index contributed by atoms with van der Waals surface area (Å²) < 4.78 is 38.8. The Labute approximate surface area is 221 Å². The molecule has 0 spiro atoms. The third kappa shape index (κ3) is 5.76. The molecule has 1 aliphatic heterocycles. The normalized spacial score (nSPS) is 15.4. The number of amides is 2. The molecule has 1 atom stereocenters. The summed E-state index contributed by atoms with van der Waals surface area (Å²) in [6.45, 7) is 3.14. The van der Waals surface area contributed by atoms with Crippen molar-refractivity contribution in [1.82, 2.24) is 25.1 Å². The number of carbonyl (C=O) groups is 2. The molecule has 10 nitrogen and oxygen atoms in total. The van der Waals surface area contributed by atoms with E-state index in [1.54, 1.807) is 36.5 Å². The molecule has 2 amide bonds. The first-order valence-corrected chi connectivity index (χ1v) is 12.3. The molecule has 1 aromatic carbocycles. The molecule has 0 bridgehead atoms. The van der Waals surface area contributed by atoms with Crippen LogP contribution in [0.15, 0.2) is 54.9 Å². The molecular weight excluding hydrogens is 513 g/mol. The van der Waals surface area contributed by atoms with E-state index in [1.165, 1.54) is 0 Å². The van der Waals surface area contributed by atoms with Gasteiger partial charge in [0.15, 0.2) is 11.5 Å². The number of aromatic amines is 1. The molecule has 4 heterocycles. The Hall–Kier alpha value is -4.68. The monoisotopic (exact) mass is 538 g/mol. The molecular formula is C26H25F3N8O2. The summed E-state index contributed by atoms with van der Waals surface area (Å²) in [4.78, 5) is 34.6. The molecule has 39 heavy (non-hydrogen) atoms. The van der Waals surface area contributed by atoms with E-state index in [0.29, 0.717) is 36.7 Å². The van der Waals surface area contributed by atoms with E-state index in [0.717, 1.165) is 35.8 Å². The van der Waals surface area contributed by atoms with Crippen LogP contribution >= 0.6 is 0 Å². The number of benzene rings is 1. The number of hydrogen-bond donors (Lipinski definition) is 4. The number of hydrogen-bond acceptors (Lipinski definition) is 7. The fraction of sp³-hybridized carbons (Fsp3) is 0.269. The second-order valence-electron chi connectivity index (χ2n) is 9.06. The van der Waals surface area contributed by atoms with E-state index in [2.05, 4.69) is 36.1 Å². The summed E-state index contributed by atoms with van der Waals surface area (Å²) in [7, 11) is 0. The third-order valence-electron chi connectivity index (χ3n) is 6.40. The minimum atomic E-state index is -4.54. The zero-order valence-corrected chi connectivity index (χ0v) is 20.8. The number of likely N-dealkylation sites (tertiary alicyclic amines) is 1. The van der Waals surface area contributed by atoms with E-state index in [1.807, 2.05) is 11.8 Å². The number of carbonyl (C=O) groups excluding carboxylic acids is 2. The zero-order valence-electron chi connectivity index (χ0n) is 20.8. The first-order valence-electron chi connectivity index (χ1n) is 12.3. The quantitative estimate of drug-likeness (QED) is 0.266. The molecule has 0 unspecified atom stereocenters. The van der Waals surface area contributed by atoms with Crippen LogP contribution in [0.25, 0.3) is 11.0 Å². The molecule has 0 saturated carbocycles. The van der Waals surface area contributed by atoms with E-state index in [4.69, 9.17) is 0 Å². The van der Waals surface area contributed by atoms with Crippen LogP contribution in [0.1, 0.15) is 35.7 Å². The minimum Gasteiger partial charge on any atom is -0.363 e. The lowest BCUT2D eigenvalue weighted by Crippen LogP contribution is -2.31. The van der Waals surface area contributed by atoms with Crippen LogP contribution in [0.5, 0.6) is 0 Å². The largest absolute Gasteiger partial charge is 0.416 e. The van der Waals surface area contributed by atoms with Crippen molar-refractivity contribution in [3.63, 3.8) is 0 Å². The van der Waals surface area contributed by atoms with E-state index in [-0.39, 0.29) is 23.3 Å². The van der Waals surface area contributed by atoms with Gasteiger partial charge in [0, 0.05) is 49.2 Å². The number of anilines is 4. The van der Waals surface area contributed by atoms with Crippen LogP contribution in [0.4, 0.5) is 36.2 Å². The predicted octanol–water partition coefficient (Wildman–Crippen LogP) is 4.79. The lowest BCUT2D eigenvalue weighted by atomic mass is 10.1. The molecule has 1 fully saturated rings. The Balaban J connectivity index is 1.28. The molecule has 202 valence electrons. The van der Waals surface area contributed by atoms with E-state index < -0.39 is 17.6 Å². The number of nitrogens with zero attached hydrogens (tertiary/aromatic N) is 4. The van der Waals surface area contributed by atoms with Crippen molar-refractivity contribution >= 4 is 45.9 Å². The van der Waals surface area contributed by atoms with Gasteiger partial charge in [-0.15, -0.1) is 0 Å². The second-order valence-corrected chi connectivity index (χ2v) is 9.06. The van der Waals surface area contributed by atoms with Gasteiger partial charge >= 0.3 is 6.18 Å². The average Bonchev–Trinajstić information content (AvgIpc) is 3.56. The van der Waals surface area contributed by atoms with Gasteiger partial charge in [-0.3, -0.25) is 14.7 Å². The summed E-state index contributed by atoms with van der Waals surface area (Å²) >= 11 is 0. The summed E-state index contributed by atoms with van der Waals surface area (Å²) in [6, 6.07) is 9.94. The minimum absolute atomic E-state index is 0.0594. The zero-order chi connectivity index (χ0) is 27.6. The lowest BCUT2D eigenvalue weighted by molar-refractivity contribution is -0.137. The third-order valence-corrected chi connectivity index (χ3v) is 6.40. The number of halogens is 3. The van der Waals surface area contributed by atoms with Gasteiger partial charge < -0.3 is 20.9 Å². The maximum Gasteiger partial charge on any atom is 0.416 e. The van der Waals surface area contributed by atoms with Crippen LogP contribution in [0.2, 0.25) is 0 Å². The number of H-pyrrole nitrogens is 1. The Morgan fingerprint density at radius 3 is 2.62 bits per heavy atom. The van der Waals surface area contributed by atoms with Gasteiger partial charge in [0.25, 0.3) is 5.91 Å². The van der Waals surface area contributed by atoms with Gasteiger partial charge in [0.05, 0.1) is 16.6 Å². The van der Waals surface area contributed by atoms with Crippen molar-refractivity contribution < 1.29 is 22.8 Å². The van der Waals surface area contributed by atoms with Gasteiger partial charge in [-0.2, -0.15) is 18.3 Å². The fourth-order valence-corrected chi connectivity index (χ4v) is 4.41. The summed E-state index contributed by atoms with van der Waals surface area (Å²) in [6.07, 6.45) is -0.633. The Kier molecular flexibility index (Phi) is 7.05. The maximum absolute atomic E-state index is 12.9. The molecule has 0 aliphatic carbocycles. The van der Waals surface area contributed by atoms with Gasteiger partial charge in [0.2, 0.25) is 5.91 Å². The Morgan fingerprint density at radius 1 is 1.10 bits per heavy atom. The van der Waals surface area contributed by atoms with Crippen molar-refractivity contribution in [3.05, 3.63) is 66.0 Å². The van der Waals surface area contributed by atoms with Crippen LogP contribution in [-0.4, -0.2) is 56.0 Å². The summed E-state index contributed by atoms with van der Waals surface area (Å²) in [5, 5.41) is 17.2. The van der Waals surface area contributed by atoms with Crippen LogP contribution in [-0.2, 0) is 11.0 Å². The smallest absolute Gasteiger partial charge is 0.363 e. The van der Waals surface area contributed by atoms with Crippen molar-refractivity contribution in [2.45, 2.75) is 32.0 Å². The van der Waals surface area contributed by atoms with Gasteiger partial charge in [0.1, 0.15) is 5.82 Å². The first kappa shape index (κ1) is 25.9. The Bertz CT molecular complexity index is 1500. The predicted molar refractivity (Wildman–Crippen MR) is 140 cm³/mol. The van der Waals surface area contributed by atoms with Crippen LogP contribution in [0, 0.1) is 0 Å². The maximum atomic E-state index is 12.9. The molecule has 0 radical (unpaired) electrons. The van der Waals surface area contributed by atoms with Gasteiger partial charge in [-0.1, -0.05) is 6.92 Å². The number of fused-ring (bicyclic) bond motifs is 1. The SMILES string of the molecule is CCC(=O)N1CC[C@@H](Nc2n[nH]c3nccc(Nc4ccc(C(=O)Nc5cc(C(F)(F)F)ccn5)cc4)c23)C1. The highest BCUT2D eigenvalue weighted by Gasteiger charge is 2.31. The topological polar surface area (TPSA) is 128 Å². The van der Waals surface area contributed by atoms with Crippen molar-refractivity contribution in [2.75, 3.05) is 29.0 Å². The lowest BCUT2D eigenvalue weighted by Gasteiger charge is -2.16. The molecule has 1 saturated heterocycles. The Morgan fingerprint density at radius 2 is 1.87 bits per heavy atom. The summed E-state index contributed by atoms with van der Waals surface area (Å²) in [5.41, 5.74) is 1.32. The summed E-state index contributed by atoms with van der Waals surface area (Å²) in [5.74, 6) is -0.0480. The highest BCUT2D eigenvalue weighted by atomic mass is 19.4. The number of pyridine rings is 2. The van der Waals surface area contributed by atoms with Crippen molar-refractivity contribution in [1.29, 1.82) is 0 Å². The molecule has 5 rings (SSSR count). The van der Waals surface area contributed by atoms with Crippen molar-refractivity contribution in [3.8, 4) is 0 Å². The first-order chi connectivity index (χ1) is 18.7. The standard InChI is InChI=1S/C26H25F3N8O2/c1-2-21(38)37-12-9-18(14-37)33-24-22-19(8-11-31-23(22)35-36-24)32-17-5-3-15(4-6-17)25(39)34-20-13-16(7-10-30-20)26(27,28)29/h3-8,10-11,13,18H,2,9,12,14H2,1H3,(H,30,34,39)(H3,31,32,33,35,36)/t18-/m1/s1. The molecule has 1 aliphatic rings.